The summed E-state index contributed by atoms with van der Waals surface area (Å²) < 4.78 is 5.18. The molecule has 0 fully saturated rings. The van der Waals surface area contributed by atoms with Crippen LogP contribution in [0.25, 0.3) is 0 Å². The van der Waals surface area contributed by atoms with Gasteiger partial charge < -0.3 is 15.4 Å². The highest BCUT2D eigenvalue weighted by Gasteiger charge is 2.08. The molecule has 16 heavy (non-hydrogen) atoms. The minimum absolute atomic E-state index is 0.713. The van der Waals surface area contributed by atoms with Crippen molar-refractivity contribution in [2.45, 2.75) is 0 Å². The van der Waals surface area contributed by atoms with Crippen LogP contribution in [0.2, 0.25) is 0 Å². The first-order chi connectivity index (χ1) is 7.70. The Bertz CT molecular complexity index is 484. The van der Waals surface area contributed by atoms with Crippen molar-refractivity contribution in [1.29, 1.82) is 0 Å². The molecule has 1 aromatic carbocycles. The van der Waals surface area contributed by atoms with Crippen molar-refractivity contribution in [3.8, 4) is 5.75 Å². The highest BCUT2D eigenvalue weighted by molar-refractivity contribution is 7.19. The predicted molar refractivity (Wildman–Crippen MR) is 67.6 cm³/mol. The summed E-state index contributed by atoms with van der Waals surface area (Å²) in [5.41, 5.74) is 6.68. The van der Waals surface area contributed by atoms with E-state index >= 15 is 0 Å². The van der Waals surface area contributed by atoms with Gasteiger partial charge >= 0.3 is 0 Å². The summed E-state index contributed by atoms with van der Waals surface area (Å²) in [6, 6.07) is 7.81. The Labute approximate surface area is 98.3 Å². The van der Waals surface area contributed by atoms with Gasteiger partial charge in [-0.15, -0.1) is 0 Å². The highest BCUT2D eigenvalue weighted by atomic mass is 32.1. The topological polar surface area (TPSA) is 51.4 Å². The zero-order chi connectivity index (χ0) is 11.5. The summed E-state index contributed by atoms with van der Waals surface area (Å²) in [7, 11) is 3.60. The fourth-order valence-corrected chi connectivity index (χ4v) is 2.03. The first kappa shape index (κ1) is 10.8. The third-order valence-electron chi connectivity index (χ3n) is 2.24. The molecule has 0 aliphatic heterocycles. The van der Waals surface area contributed by atoms with E-state index in [2.05, 4.69) is 4.98 Å². The molecular weight excluding hydrogens is 222 g/mol. The van der Waals surface area contributed by atoms with E-state index in [1.165, 1.54) is 11.3 Å². The second kappa shape index (κ2) is 4.40. The van der Waals surface area contributed by atoms with Gasteiger partial charge in [-0.1, -0.05) is 17.4 Å². The lowest BCUT2D eigenvalue weighted by atomic mass is 10.3. The van der Waals surface area contributed by atoms with Crippen LogP contribution in [-0.4, -0.2) is 19.1 Å². The number of thiazole rings is 1. The summed E-state index contributed by atoms with van der Waals surface area (Å²) in [5, 5.41) is 1.58. The van der Waals surface area contributed by atoms with Crippen LogP contribution < -0.4 is 15.4 Å². The van der Waals surface area contributed by atoms with Gasteiger partial charge in [0.25, 0.3) is 0 Å². The van der Waals surface area contributed by atoms with Crippen LogP contribution in [-0.2, 0) is 0 Å². The third-order valence-corrected chi connectivity index (χ3v) is 3.14. The van der Waals surface area contributed by atoms with Crippen molar-refractivity contribution >= 4 is 27.2 Å². The molecule has 0 amide bonds. The van der Waals surface area contributed by atoms with Crippen LogP contribution in [0.15, 0.2) is 30.5 Å². The molecule has 1 aromatic heterocycles. The second-order valence-corrected chi connectivity index (χ2v) is 4.35. The smallest absolute Gasteiger partial charge is 0.191 e. The zero-order valence-electron chi connectivity index (χ0n) is 9.18. The van der Waals surface area contributed by atoms with Crippen LogP contribution >= 0.6 is 11.3 Å². The lowest BCUT2D eigenvalue weighted by molar-refractivity contribution is 0.415. The Morgan fingerprint density at radius 2 is 2.25 bits per heavy atom. The first-order valence-corrected chi connectivity index (χ1v) is 5.61. The Balaban J connectivity index is 2.29. The summed E-state index contributed by atoms with van der Waals surface area (Å²) in [6.45, 7) is 0. The molecule has 0 aliphatic rings. The van der Waals surface area contributed by atoms with E-state index in [0.29, 0.717) is 5.00 Å². The average molecular weight is 235 g/mol. The molecule has 0 atom stereocenters. The molecule has 2 rings (SSSR count). The lowest BCUT2D eigenvalue weighted by Gasteiger charge is -2.16. The Kier molecular flexibility index (Phi) is 2.96. The Morgan fingerprint density at radius 1 is 1.44 bits per heavy atom. The van der Waals surface area contributed by atoms with Gasteiger partial charge in [0.1, 0.15) is 10.8 Å². The van der Waals surface area contributed by atoms with Crippen LogP contribution in [0.1, 0.15) is 0 Å². The van der Waals surface area contributed by atoms with Crippen molar-refractivity contribution < 1.29 is 4.74 Å². The van der Waals surface area contributed by atoms with Crippen molar-refractivity contribution in [3.05, 3.63) is 30.5 Å². The largest absolute Gasteiger partial charge is 0.497 e. The van der Waals surface area contributed by atoms with Crippen LogP contribution in [0.5, 0.6) is 5.75 Å². The van der Waals surface area contributed by atoms with E-state index in [1.54, 1.807) is 13.3 Å². The van der Waals surface area contributed by atoms with Gasteiger partial charge in [-0.3, -0.25) is 0 Å². The Morgan fingerprint density at radius 3 is 2.88 bits per heavy atom. The molecule has 0 bridgehead atoms. The molecule has 0 spiro atoms. The van der Waals surface area contributed by atoms with Crippen LogP contribution in [0.4, 0.5) is 15.8 Å². The van der Waals surface area contributed by atoms with Gasteiger partial charge in [0.15, 0.2) is 5.13 Å². The number of hydrogen-bond donors (Lipinski definition) is 1. The van der Waals surface area contributed by atoms with Crippen molar-refractivity contribution in [2.24, 2.45) is 0 Å². The van der Waals surface area contributed by atoms with Crippen LogP contribution in [0, 0.1) is 0 Å². The van der Waals surface area contributed by atoms with E-state index in [0.717, 1.165) is 16.6 Å². The number of benzene rings is 1. The first-order valence-electron chi connectivity index (χ1n) is 4.80. The van der Waals surface area contributed by atoms with Gasteiger partial charge in [0.2, 0.25) is 0 Å². The number of ether oxygens (including phenoxy) is 1. The maximum absolute atomic E-state index is 5.66. The summed E-state index contributed by atoms with van der Waals surface area (Å²) in [5.74, 6) is 0.828. The fraction of sp³-hybridized carbons (Fsp3) is 0.182. The number of nitrogen functional groups attached to an aromatic ring is 1. The van der Waals surface area contributed by atoms with E-state index < -0.39 is 0 Å². The van der Waals surface area contributed by atoms with Crippen LogP contribution in [0.3, 0.4) is 0 Å². The molecule has 4 nitrogen and oxygen atoms in total. The molecule has 84 valence electrons. The maximum Gasteiger partial charge on any atom is 0.191 e. The Hall–Kier alpha value is -1.75. The number of rotatable bonds is 3. The predicted octanol–water partition coefficient (Wildman–Crippen LogP) is 2.50. The van der Waals surface area contributed by atoms with Gasteiger partial charge in [-0.2, -0.15) is 0 Å². The molecule has 1 heterocycles. The van der Waals surface area contributed by atoms with E-state index in [-0.39, 0.29) is 0 Å². The fourth-order valence-electron chi connectivity index (χ4n) is 1.36. The molecule has 5 heteroatoms. The number of hydrogen-bond acceptors (Lipinski definition) is 5. The van der Waals surface area contributed by atoms with Gasteiger partial charge in [-0.25, -0.2) is 4.98 Å². The number of anilines is 3. The summed E-state index contributed by atoms with van der Waals surface area (Å²) in [6.07, 6.45) is 1.66. The molecule has 0 aliphatic carbocycles. The zero-order valence-corrected chi connectivity index (χ0v) is 9.99. The van der Waals surface area contributed by atoms with Crippen molar-refractivity contribution in [2.75, 3.05) is 24.8 Å². The van der Waals surface area contributed by atoms with Gasteiger partial charge in [-0.05, 0) is 12.1 Å². The molecule has 2 N–H and O–H groups in total. The minimum atomic E-state index is 0.713. The van der Waals surface area contributed by atoms with E-state index in [4.69, 9.17) is 10.5 Å². The number of nitrogens with zero attached hydrogens (tertiary/aromatic N) is 2. The number of nitrogens with two attached hydrogens (primary N) is 1. The maximum atomic E-state index is 5.66. The number of aromatic nitrogens is 1. The quantitative estimate of drug-likeness (QED) is 0.888. The number of methoxy groups -OCH3 is 1. The molecule has 0 radical (unpaired) electrons. The summed E-state index contributed by atoms with van der Waals surface area (Å²) in [4.78, 5) is 6.20. The molecule has 0 unspecified atom stereocenters. The summed E-state index contributed by atoms with van der Waals surface area (Å²) >= 11 is 1.46. The van der Waals surface area contributed by atoms with Gasteiger partial charge in [0, 0.05) is 18.8 Å². The monoisotopic (exact) mass is 235 g/mol. The minimum Gasteiger partial charge on any atom is -0.497 e. The normalized spacial score (nSPS) is 10.1. The van der Waals surface area contributed by atoms with E-state index in [9.17, 15) is 0 Å². The van der Waals surface area contributed by atoms with E-state index in [1.807, 2.05) is 36.2 Å². The SMILES string of the molecule is COc1cccc(N(C)c2ncc(N)s2)c1. The molecule has 0 saturated heterocycles. The molecular formula is C11H13N3OS. The van der Waals surface area contributed by atoms with Crippen molar-refractivity contribution in [1.82, 2.24) is 4.98 Å². The molecule has 2 aromatic rings. The highest BCUT2D eigenvalue weighted by Crippen LogP contribution is 2.30. The molecule has 0 saturated carbocycles. The lowest BCUT2D eigenvalue weighted by Crippen LogP contribution is -2.08. The van der Waals surface area contributed by atoms with Crippen molar-refractivity contribution in [3.63, 3.8) is 0 Å². The standard InChI is InChI=1S/C11H13N3OS/c1-14(11-13-7-10(12)16-11)8-4-3-5-9(6-8)15-2/h3-7H,12H2,1-2H3. The third kappa shape index (κ3) is 2.09. The second-order valence-electron chi connectivity index (χ2n) is 3.31. The van der Waals surface area contributed by atoms with Gasteiger partial charge in [0.05, 0.1) is 13.3 Å². The average Bonchev–Trinajstić information content (AvgIpc) is 2.75.